The molecule has 0 fully saturated rings. The fourth-order valence-corrected chi connectivity index (χ4v) is 1.23. The van der Waals surface area contributed by atoms with Crippen molar-refractivity contribution >= 4 is 5.69 Å². The van der Waals surface area contributed by atoms with Crippen LogP contribution in [0.5, 0.6) is 5.75 Å². The van der Waals surface area contributed by atoms with E-state index in [2.05, 4.69) is 0 Å². The van der Waals surface area contributed by atoms with Crippen LogP contribution in [0.2, 0.25) is 0 Å². The lowest BCUT2D eigenvalue weighted by atomic mass is 10.1. The summed E-state index contributed by atoms with van der Waals surface area (Å²) in [7, 11) is 0. The summed E-state index contributed by atoms with van der Waals surface area (Å²) in [6.07, 6.45) is 1.86. The minimum absolute atomic E-state index is 0.248. The third kappa shape index (κ3) is 2.98. The van der Waals surface area contributed by atoms with Crippen LogP contribution in [0.4, 0.5) is 10.1 Å². The van der Waals surface area contributed by atoms with Crippen molar-refractivity contribution < 1.29 is 9.13 Å². The van der Waals surface area contributed by atoms with E-state index in [4.69, 9.17) is 10.5 Å². The topological polar surface area (TPSA) is 35.2 Å². The molecule has 0 heterocycles. The van der Waals surface area contributed by atoms with Crippen LogP contribution in [0.15, 0.2) is 30.0 Å². The highest BCUT2D eigenvalue weighted by Gasteiger charge is 2.08. The number of halogens is 1. The van der Waals surface area contributed by atoms with Crippen molar-refractivity contribution in [2.24, 2.45) is 5.92 Å². The second-order valence-electron chi connectivity index (χ2n) is 3.63. The first kappa shape index (κ1) is 11.6. The maximum Gasteiger partial charge on any atom is 0.152 e. The van der Waals surface area contributed by atoms with Crippen LogP contribution in [0.25, 0.3) is 0 Å². The first-order valence-electron chi connectivity index (χ1n) is 4.93. The number of nitrogen functional groups attached to an aromatic ring is 1. The van der Waals surface area contributed by atoms with Crippen molar-refractivity contribution in [1.29, 1.82) is 0 Å². The number of hydrogen-bond acceptors (Lipinski definition) is 2. The molecule has 0 aliphatic carbocycles. The van der Waals surface area contributed by atoms with E-state index >= 15 is 0 Å². The summed E-state index contributed by atoms with van der Waals surface area (Å²) >= 11 is 0. The molecule has 3 heteroatoms. The molecule has 0 atom stereocenters. The van der Waals surface area contributed by atoms with Gasteiger partial charge < -0.3 is 10.5 Å². The lowest BCUT2D eigenvalue weighted by Crippen LogP contribution is -2.04. The first-order valence-corrected chi connectivity index (χ1v) is 4.93. The van der Waals surface area contributed by atoms with Gasteiger partial charge in [0, 0.05) is 12.0 Å². The third-order valence-electron chi connectivity index (χ3n) is 2.06. The maximum absolute atomic E-state index is 12.9. The van der Waals surface area contributed by atoms with Gasteiger partial charge in [0.05, 0.1) is 5.69 Å². The predicted octanol–water partition coefficient (Wildman–Crippen LogP) is 3.35. The number of hydrogen-bond donors (Lipinski definition) is 1. The van der Waals surface area contributed by atoms with Gasteiger partial charge in [-0.1, -0.05) is 13.8 Å². The zero-order valence-electron chi connectivity index (χ0n) is 9.25. The van der Waals surface area contributed by atoms with Crippen molar-refractivity contribution in [3.8, 4) is 5.75 Å². The van der Waals surface area contributed by atoms with Crippen LogP contribution in [0, 0.1) is 11.7 Å². The van der Waals surface area contributed by atoms with E-state index in [9.17, 15) is 4.39 Å². The summed E-state index contributed by atoms with van der Waals surface area (Å²) in [4.78, 5) is 0. The Morgan fingerprint density at radius 1 is 1.47 bits per heavy atom. The van der Waals surface area contributed by atoms with E-state index in [1.54, 1.807) is 0 Å². The summed E-state index contributed by atoms with van der Waals surface area (Å²) in [5.41, 5.74) is 6.11. The number of benzene rings is 1. The van der Waals surface area contributed by atoms with E-state index in [0.29, 0.717) is 11.4 Å². The molecule has 0 bridgehead atoms. The van der Waals surface area contributed by atoms with Crippen LogP contribution in [0.3, 0.4) is 0 Å². The Labute approximate surface area is 89.6 Å². The standard InChI is InChI=1S/C12H16FNO/c1-4-11(8(2)3)15-12-7-9(13)5-6-10(12)14/h4-8H,14H2,1-3H3/b11-4-. The zero-order chi connectivity index (χ0) is 11.4. The fourth-order valence-electron chi connectivity index (χ4n) is 1.23. The molecule has 1 aromatic carbocycles. The first-order chi connectivity index (χ1) is 7.04. The minimum Gasteiger partial charge on any atom is -0.460 e. The molecule has 0 amide bonds. The van der Waals surface area contributed by atoms with Gasteiger partial charge in [-0.05, 0) is 25.1 Å². The van der Waals surface area contributed by atoms with E-state index in [-0.39, 0.29) is 11.7 Å². The zero-order valence-corrected chi connectivity index (χ0v) is 9.25. The van der Waals surface area contributed by atoms with Crippen molar-refractivity contribution in [3.05, 3.63) is 35.9 Å². The number of nitrogens with two attached hydrogens (primary N) is 1. The van der Waals surface area contributed by atoms with E-state index in [1.807, 2.05) is 26.8 Å². The summed E-state index contributed by atoms with van der Waals surface area (Å²) in [5.74, 6) is 1.06. The van der Waals surface area contributed by atoms with Crippen LogP contribution in [0.1, 0.15) is 20.8 Å². The summed E-state index contributed by atoms with van der Waals surface area (Å²) < 4.78 is 18.5. The van der Waals surface area contributed by atoms with Gasteiger partial charge >= 0.3 is 0 Å². The SMILES string of the molecule is C/C=C(\Oc1cc(F)ccc1N)C(C)C. The quantitative estimate of drug-likeness (QED) is 0.612. The average molecular weight is 209 g/mol. The van der Waals surface area contributed by atoms with Gasteiger partial charge in [-0.2, -0.15) is 0 Å². The normalized spacial score (nSPS) is 11.9. The van der Waals surface area contributed by atoms with Crippen molar-refractivity contribution in [2.75, 3.05) is 5.73 Å². The summed E-state index contributed by atoms with van der Waals surface area (Å²) in [6.45, 7) is 5.89. The van der Waals surface area contributed by atoms with Crippen LogP contribution >= 0.6 is 0 Å². The Kier molecular flexibility index (Phi) is 3.72. The second kappa shape index (κ2) is 4.82. The average Bonchev–Trinajstić information content (AvgIpc) is 2.18. The maximum atomic E-state index is 12.9. The van der Waals surface area contributed by atoms with E-state index in [0.717, 1.165) is 5.76 Å². The number of rotatable bonds is 3. The van der Waals surface area contributed by atoms with Crippen molar-refractivity contribution in [1.82, 2.24) is 0 Å². The second-order valence-corrected chi connectivity index (χ2v) is 3.63. The Bertz CT molecular complexity index is 372. The van der Waals surface area contributed by atoms with Crippen LogP contribution < -0.4 is 10.5 Å². The molecule has 0 spiro atoms. The molecule has 15 heavy (non-hydrogen) atoms. The Morgan fingerprint density at radius 2 is 2.13 bits per heavy atom. The Morgan fingerprint density at radius 3 is 2.67 bits per heavy atom. The van der Waals surface area contributed by atoms with E-state index in [1.165, 1.54) is 18.2 Å². The lowest BCUT2D eigenvalue weighted by Gasteiger charge is -2.14. The highest BCUT2D eigenvalue weighted by atomic mass is 19.1. The number of allylic oxidation sites excluding steroid dienone is 2. The van der Waals surface area contributed by atoms with Gasteiger partial charge in [-0.25, -0.2) is 4.39 Å². The summed E-state index contributed by atoms with van der Waals surface area (Å²) in [6, 6.07) is 4.10. The van der Waals surface area contributed by atoms with Gasteiger partial charge in [0.1, 0.15) is 11.6 Å². The highest BCUT2D eigenvalue weighted by Crippen LogP contribution is 2.26. The molecular formula is C12H16FNO. The molecule has 2 nitrogen and oxygen atoms in total. The van der Waals surface area contributed by atoms with Gasteiger partial charge in [-0.3, -0.25) is 0 Å². The smallest absolute Gasteiger partial charge is 0.152 e. The van der Waals surface area contributed by atoms with Gasteiger partial charge in [0.2, 0.25) is 0 Å². The van der Waals surface area contributed by atoms with E-state index < -0.39 is 0 Å². The molecule has 82 valence electrons. The largest absolute Gasteiger partial charge is 0.460 e. The van der Waals surface area contributed by atoms with Gasteiger partial charge in [0.25, 0.3) is 0 Å². The molecular weight excluding hydrogens is 193 g/mol. The molecule has 1 rings (SSSR count). The Balaban J connectivity index is 2.93. The van der Waals surface area contributed by atoms with Gasteiger partial charge in [-0.15, -0.1) is 0 Å². The lowest BCUT2D eigenvalue weighted by molar-refractivity contribution is 0.367. The third-order valence-corrected chi connectivity index (χ3v) is 2.06. The minimum atomic E-state index is -0.349. The Hall–Kier alpha value is -1.51. The molecule has 2 N–H and O–H groups in total. The molecule has 0 aliphatic heterocycles. The molecule has 0 radical (unpaired) electrons. The number of ether oxygens (including phenoxy) is 1. The monoisotopic (exact) mass is 209 g/mol. The van der Waals surface area contributed by atoms with Crippen LogP contribution in [-0.4, -0.2) is 0 Å². The van der Waals surface area contributed by atoms with Crippen LogP contribution in [-0.2, 0) is 0 Å². The molecule has 0 saturated heterocycles. The molecule has 0 aliphatic rings. The fraction of sp³-hybridized carbons (Fsp3) is 0.333. The van der Waals surface area contributed by atoms with Crippen molar-refractivity contribution in [2.45, 2.75) is 20.8 Å². The van der Waals surface area contributed by atoms with Crippen molar-refractivity contribution in [3.63, 3.8) is 0 Å². The predicted molar refractivity (Wildman–Crippen MR) is 60.0 cm³/mol. The summed E-state index contributed by atoms with van der Waals surface area (Å²) in [5, 5.41) is 0. The highest BCUT2D eigenvalue weighted by molar-refractivity contribution is 5.52. The molecule has 0 saturated carbocycles. The molecule has 0 unspecified atom stereocenters. The number of anilines is 1. The van der Waals surface area contributed by atoms with Gasteiger partial charge in [0.15, 0.2) is 5.75 Å². The molecule has 0 aromatic heterocycles. The molecule has 1 aromatic rings.